The van der Waals surface area contributed by atoms with Gasteiger partial charge in [-0.1, -0.05) is 30.3 Å². The van der Waals surface area contributed by atoms with E-state index in [-0.39, 0.29) is 11.4 Å². The van der Waals surface area contributed by atoms with Gasteiger partial charge in [0.05, 0.1) is 10.7 Å². The lowest BCUT2D eigenvalue weighted by Gasteiger charge is -2.34. The van der Waals surface area contributed by atoms with Gasteiger partial charge in [0.2, 0.25) is 5.91 Å². The molecule has 3 heterocycles. The lowest BCUT2D eigenvalue weighted by molar-refractivity contribution is -0.126. The van der Waals surface area contributed by atoms with Gasteiger partial charge in [-0.05, 0) is 48.1 Å². The number of piperazine rings is 1. The number of aryl methyl sites for hydroxylation is 1. The lowest BCUT2D eigenvalue weighted by Crippen LogP contribution is -2.48. The van der Waals surface area contributed by atoms with Crippen LogP contribution in [-0.4, -0.2) is 46.3 Å². The van der Waals surface area contributed by atoms with E-state index in [1.165, 1.54) is 17.6 Å². The van der Waals surface area contributed by atoms with Crippen LogP contribution in [0.25, 0.3) is 28.1 Å². The summed E-state index contributed by atoms with van der Waals surface area (Å²) in [6, 6.07) is 3.46. The zero-order valence-corrected chi connectivity index (χ0v) is 18.8. The molecule has 0 unspecified atom stereocenters. The molecule has 1 saturated heterocycles. The SMILES string of the molecule is C=CC(=O)N1CCN(c2snc3c(F)c(-c4cc(N)nc5c4C=CCC5)c(Cl)cc23)CC1. The molecule has 1 aliphatic carbocycles. The van der Waals surface area contributed by atoms with Gasteiger partial charge in [-0.2, -0.15) is 4.37 Å². The highest BCUT2D eigenvalue weighted by Crippen LogP contribution is 2.43. The Balaban J connectivity index is 1.56. The third-order valence-corrected chi connectivity index (χ3v) is 7.18. The molecular weight excluding hydrogens is 449 g/mol. The van der Waals surface area contributed by atoms with Gasteiger partial charge in [-0.25, -0.2) is 9.37 Å². The van der Waals surface area contributed by atoms with Gasteiger partial charge in [0.25, 0.3) is 0 Å². The Labute approximate surface area is 194 Å². The largest absolute Gasteiger partial charge is 0.384 e. The van der Waals surface area contributed by atoms with Gasteiger partial charge < -0.3 is 15.5 Å². The summed E-state index contributed by atoms with van der Waals surface area (Å²) in [7, 11) is 0. The van der Waals surface area contributed by atoms with Crippen LogP contribution >= 0.6 is 23.1 Å². The smallest absolute Gasteiger partial charge is 0.246 e. The van der Waals surface area contributed by atoms with E-state index in [2.05, 4.69) is 20.8 Å². The highest BCUT2D eigenvalue weighted by Gasteiger charge is 2.26. The molecule has 0 atom stereocenters. The highest BCUT2D eigenvalue weighted by molar-refractivity contribution is 7.11. The summed E-state index contributed by atoms with van der Waals surface area (Å²) in [6.07, 6.45) is 6.96. The fraction of sp³-hybridized carbons (Fsp3) is 0.261. The van der Waals surface area contributed by atoms with Gasteiger partial charge in [0.15, 0.2) is 5.82 Å². The zero-order valence-electron chi connectivity index (χ0n) is 17.3. The van der Waals surface area contributed by atoms with Gasteiger partial charge in [-0.3, -0.25) is 4.79 Å². The predicted molar refractivity (Wildman–Crippen MR) is 129 cm³/mol. The Morgan fingerprint density at radius 1 is 1.28 bits per heavy atom. The number of nitrogen functional groups attached to an aromatic ring is 1. The van der Waals surface area contributed by atoms with Crippen LogP contribution in [0.2, 0.25) is 5.02 Å². The summed E-state index contributed by atoms with van der Waals surface area (Å²) in [5, 5.41) is 1.84. The second kappa shape index (κ2) is 8.18. The van der Waals surface area contributed by atoms with Crippen LogP contribution in [0.5, 0.6) is 0 Å². The topological polar surface area (TPSA) is 75.4 Å². The fourth-order valence-corrected chi connectivity index (χ4v) is 5.57. The first-order valence-electron chi connectivity index (χ1n) is 10.4. The summed E-state index contributed by atoms with van der Waals surface area (Å²) in [5.74, 6) is -0.190. The molecule has 2 N–H and O–H groups in total. The number of amides is 1. The molecule has 1 aromatic carbocycles. The number of halogens is 2. The quantitative estimate of drug-likeness (QED) is 0.570. The summed E-state index contributed by atoms with van der Waals surface area (Å²) < 4.78 is 20.2. The predicted octanol–water partition coefficient (Wildman–Crippen LogP) is 4.53. The highest BCUT2D eigenvalue weighted by atomic mass is 35.5. The average molecular weight is 470 g/mol. The molecule has 164 valence electrons. The number of carbonyl (C=O) groups is 1. The summed E-state index contributed by atoms with van der Waals surface area (Å²) in [4.78, 5) is 20.1. The number of nitrogens with two attached hydrogens (primary N) is 1. The fourth-order valence-electron chi connectivity index (χ4n) is 4.37. The maximum atomic E-state index is 15.8. The molecule has 2 aliphatic rings. The number of anilines is 2. The Hall–Kier alpha value is -2.97. The van der Waals surface area contributed by atoms with E-state index >= 15 is 4.39 Å². The van der Waals surface area contributed by atoms with Crippen molar-refractivity contribution in [2.45, 2.75) is 12.8 Å². The van der Waals surface area contributed by atoms with Gasteiger partial charge in [0.1, 0.15) is 16.3 Å². The number of hydrogen-bond acceptors (Lipinski definition) is 6. The second-order valence-electron chi connectivity index (χ2n) is 7.84. The number of hydrogen-bond donors (Lipinski definition) is 1. The monoisotopic (exact) mass is 469 g/mol. The molecular formula is C23H21ClFN5OS. The van der Waals surface area contributed by atoms with Crippen LogP contribution in [0.3, 0.4) is 0 Å². The van der Waals surface area contributed by atoms with Crippen molar-refractivity contribution in [1.29, 1.82) is 0 Å². The molecule has 5 rings (SSSR count). The third-order valence-electron chi connectivity index (χ3n) is 5.96. The van der Waals surface area contributed by atoms with E-state index in [1.54, 1.807) is 17.0 Å². The molecule has 1 aliphatic heterocycles. The molecule has 32 heavy (non-hydrogen) atoms. The summed E-state index contributed by atoms with van der Waals surface area (Å²) in [5.41, 5.74) is 8.95. The van der Waals surface area contributed by atoms with Crippen LogP contribution in [0.1, 0.15) is 17.7 Å². The van der Waals surface area contributed by atoms with Gasteiger partial charge >= 0.3 is 0 Å². The van der Waals surface area contributed by atoms with E-state index in [0.29, 0.717) is 53.5 Å². The van der Waals surface area contributed by atoms with Crippen molar-refractivity contribution < 1.29 is 9.18 Å². The minimum Gasteiger partial charge on any atom is -0.384 e. The number of aromatic nitrogens is 2. The number of carbonyl (C=O) groups excluding carboxylic acids is 1. The van der Waals surface area contributed by atoms with Crippen LogP contribution in [0, 0.1) is 5.82 Å². The Kier molecular flexibility index (Phi) is 5.35. The van der Waals surface area contributed by atoms with Crippen molar-refractivity contribution in [3.05, 3.63) is 53.0 Å². The molecule has 0 spiro atoms. The molecule has 0 saturated carbocycles. The number of nitrogens with zero attached hydrogens (tertiary/aromatic N) is 4. The minimum atomic E-state index is -0.456. The average Bonchev–Trinajstić information content (AvgIpc) is 3.22. The van der Waals surface area contributed by atoms with Crippen LogP contribution < -0.4 is 10.6 Å². The number of allylic oxidation sites excluding steroid dienone is 1. The van der Waals surface area contributed by atoms with E-state index in [4.69, 9.17) is 17.3 Å². The van der Waals surface area contributed by atoms with Gasteiger partial charge in [0, 0.05) is 42.7 Å². The number of fused-ring (bicyclic) bond motifs is 2. The van der Waals surface area contributed by atoms with Gasteiger partial charge in [-0.15, -0.1) is 0 Å². The molecule has 1 amide bonds. The Morgan fingerprint density at radius 2 is 2.06 bits per heavy atom. The standard InChI is InChI=1S/C23H21ClFN5OS/c1-2-19(31)29-7-9-30(10-8-29)23-15-11-16(24)20(21(25)22(15)28-32-23)14-12-18(26)27-17-6-4-3-5-13(14)17/h2-3,5,11-12H,1,4,6-10H2,(H2,26,27). The third kappa shape index (κ3) is 3.43. The van der Waals surface area contributed by atoms with Crippen LogP contribution in [-0.2, 0) is 11.2 Å². The molecule has 2 aromatic heterocycles. The minimum absolute atomic E-state index is 0.0773. The Morgan fingerprint density at radius 3 is 2.81 bits per heavy atom. The summed E-state index contributed by atoms with van der Waals surface area (Å²) >= 11 is 7.90. The number of rotatable bonds is 3. The molecule has 0 radical (unpaired) electrons. The van der Waals surface area contributed by atoms with E-state index in [0.717, 1.165) is 29.1 Å². The lowest BCUT2D eigenvalue weighted by atomic mass is 9.92. The van der Waals surface area contributed by atoms with E-state index in [9.17, 15) is 4.79 Å². The first-order valence-corrected chi connectivity index (χ1v) is 11.5. The summed E-state index contributed by atoms with van der Waals surface area (Å²) in [6.45, 7) is 5.97. The van der Waals surface area contributed by atoms with Crippen LogP contribution in [0.15, 0.2) is 30.9 Å². The first kappa shape index (κ1) is 20.9. The maximum absolute atomic E-state index is 15.8. The molecule has 1 fully saturated rings. The van der Waals surface area contributed by atoms with Crippen molar-refractivity contribution in [3.8, 4) is 11.1 Å². The van der Waals surface area contributed by atoms with Crippen molar-refractivity contribution in [2.24, 2.45) is 0 Å². The van der Waals surface area contributed by atoms with Crippen molar-refractivity contribution >= 4 is 56.8 Å². The zero-order chi connectivity index (χ0) is 22.4. The number of pyridine rings is 1. The maximum Gasteiger partial charge on any atom is 0.246 e. The molecule has 0 bridgehead atoms. The van der Waals surface area contributed by atoms with Crippen LogP contribution in [0.4, 0.5) is 15.2 Å². The molecule has 3 aromatic rings. The first-order chi connectivity index (χ1) is 15.5. The molecule has 6 nitrogen and oxygen atoms in total. The van der Waals surface area contributed by atoms with Crippen molar-refractivity contribution in [2.75, 3.05) is 36.8 Å². The van der Waals surface area contributed by atoms with Crippen molar-refractivity contribution in [1.82, 2.24) is 14.3 Å². The van der Waals surface area contributed by atoms with E-state index in [1.807, 2.05) is 12.2 Å². The molecule has 9 heteroatoms. The number of benzene rings is 1. The Bertz CT molecular complexity index is 1280. The normalized spacial score (nSPS) is 15.8. The van der Waals surface area contributed by atoms with E-state index < -0.39 is 5.82 Å². The van der Waals surface area contributed by atoms with Crippen molar-refractivity contribution in [3.63, 3.8) is 0 Å². The second-order valence-corrected chi connectivity index (χ2v) is 9.00.